The second-order valence-electron chi connectivity index (χ2n) is 16.4. The van der Waals surface area contributed by atoms with Crippen LogP contribution in [0, 0.1) is 57.7 Å². The number of Topliss-reactive ketones (excluding diaryl/α,β-unsaturated/α-hetero) is 1. The Morgan fingerprint density at radius 3 is 2.13 bits per heavy atom. The van der Waals surface area contributed by atoms with Crippen molar-refractivity contribution in [1.29, 1.82) is 0 Å². The summed E-state index contributed by atoms with van der Waals surface area (Å²) in [5.74, 6) is -8.81. The molecule has 0 aromatic rings. The highest BCUT2D eigenvalue weighted by Crippen LogP contribution is 2.81. The molecule has 47 heavy (non-hydrogen) atoms. The number of carbonyl (C=O) groups excluding carboxylic acids is 5. The van der Waals surface area contributed by atoms with Crippen LogP contribution in [-0.4, -0.2) is 94.0 Å². The minimum Gasteiger partial charge on any atom is -0.462 e. The van der Waals surface area contributed by atoms with Gasteiger partial charge in [0, 0.05) is 55.3 Å². The van der Waals surface area contributed by atoms with Gasteiger partial charge in [-0.15, -0.1) is 0 Å². The highest BCUT2D eigenvalue weighted by molar-refractivity contribution is 5.88. The van der Waals surface area contributed by atoms with Crippen molar-refractivity contribution in [3.05, 3.63) is 0 Å². The van der Waals surface area contributed by atoms with Crippen LogP contribution in [0.5, 0.6) is 0 Å². The molecular formula is C34H44O13. The van der Waals surface area contributed by atoms with Crippen LogP contribution < -0.4 is 0 Å². The first-order valence-corrected chi connectivity index (χ1v) is 16.8. The Balaban J connectivity index is 1.36. The van der Waals surface area contributed by atoms with Crippen molar-refractivity contribution < 1.29 is 62.6 Å². The van der Waals surface area contributed by atoms with Gasteiger partial charge in [0.15, 0.2) is 11.4 Å². The zero-order valence-electron chi connectivity index (χ0n) is 27.9. The van der Waals surface area contributed by atoms with Crippen LogP contribution in [0.15, 0.2) is 0 Å². The van der Waals surface area contributed by atoms with E-state index in [1.54, 1.807) is 6.92 Å². The summed E-state index contributed by atoms with van der Waals surface area (Å²) in [7, 11) is 0. The van der Waals surface area contributed by atoms with Gasteiger partial charge in [-0.2, -0.15) is 0 Å². The smallest absolute Gasteiger partial charge is 0.341 e. The van der Waals surface area contributed by atoms with Crippen LogP contribution in [0.3, 0.4) is 0 Å². The summed E-state index contributed by atoms with van der Waals surface area (Å²) in [5.41, 5.74) is -5.53. The van der Waals surface area contributed by atoms with Crippen molar-refractivity contribution in [2.24, 2.45) is 57.7 Å². The Kier molecular flexibility index (Phi) is 6.15. The molecule has 8 fully saturated rings. The Labute approximate surface area is 272 Å². The van der Waals surface area contributed by atoms with E-state index in [0.717, 1.165) is 0 Å². The molecular weight excluding hydrogens is 616 g/mol. The van der Waals surface area contributed by atoms with Gasteiger partial charge in [0.05, 0.1) is 11.5 Å². The van der Waals surface area contributed by atoms with E-state index in [9.17, 15) is 34.2 Å². The lowest BCUT2D eigenvalue weighted by Crippen LogP contribution is -2.70. The van der Waals surface area contributed by atoms with E-state index in [-0.39, 0.29) is 18.4 Å². The Morgan fingerprint density at radius 2 is 1.51 bits per heavy atom. The zero-order chi connectivity index (χ0) is 34.1. The molecule has 8 rings (SSSR count). The maximum absolute atomic E-state index is 14.4. The molecule has 0 aromatic heterocycles. The highest BCUT2D eigenvalue weighted by Gasteiger charge is 2.93. The number of ether oxygens (including phenoxy) is 6. The van der Waals surface area contributed by atoms with Crippen LogP contribution >= 0.6 is 0 Å². The Bertz CT molecular complexity index is 1510. The van der Waals surface area contributed by atoms with Gasteiger partial charge < -0.3 is 38.6 Å². The fraction of sp³-hybridized carbons (Fsp3) is 0.853. The summed E-state index contributed by atoms with van der Waals surface area (Å²) in [4.78, 5) is 66.1. The van der Waals surface area contributed by atoms with Crippen LogP contribution in [0.1, 0.15) is 68.2 Å². The first-order chi connectivity index (χ1) is 21.8. The third-order valence-electron chi connectivity index (χ3n) is 14.7. The number of carbonyl (C=O) groups is 5. The number of hydrogen-bond donors (Lipinski definition) is 2. The maximum atomic E-state index is 14.4. The van der Waals surface area contributed by atoms with Crippen molar-refractivity contribution in [2.75, 3.05) is 0 Å². The van der Waals surface area contributed by atoms with Crippen molar-refractivity contribution in [1.82, 2.24) is 0 Å². The monoisotopic (exact) mass is 660 g/mol. The van der Waals surface area contributed by atoms with E-state index in [1.165, 1.54) is 27.7 Å². The highest BCUT2D eigenvalue weighted by atomic mass is 16.8. The number of esters is 4. The molecule has 1 spiro atoms. The Morgan fingerprint density at radius 1 is 0.872 bits per heavy atom. The van der Waals surface area contributed by atoms with Gasteiger partial charge in [-0.25, -0.2) is 4.79 Å². The van der Waals surface area contributed by atoms with Crippen LogP contribution in [-0.2, 0) is 52.4 Å². The largest absolute Gasteiger partial charge is 0.462 e. The zero-order valence-corrected chi connectivity index (χ0v) is 27.9. The van der Waals surface area contributed by atoms with Crippen molar-refractivity contribution in [3.8, 4) is 0 Å². The summed E-state index contributed by atoms with van der Waals surface area (Å²) in [5, 5.41) is 24.1. The molecule has 8 aliphatic rings. The molecule has 3 aliphatic heterocycles. The summed E-state index contributed by atoms with van der Waals surface area (Å²) >= 11 is 0. The molecule has 19 atom stereocenters. The molecule has 0 aromatic carbocycles. The lowest BCUT2D eigenvalue weighted by Gasteiger charge is -2.63. The summed E-state index contributed by atoms with van der Waals surface area (Å²) < 4.78 is 36.4. The quantitative estimate of drug-likeness (QED) is 0.249. The molecule has 5 aliphatic carbocycles. The van der Waals surface area contributed by atoms with Crippen molar-refractivity contribution >= 4 is 29.7 Å². The van der Waals surface area contributed by atoms with Gasteiger partial charge in [0.2, 0.25) is 5.79 Å². The predicted molar refractivity (Wildman–Crippen MR) is 154 cm³/mol. The summed E-state index contributed by atoms with van der Waals surface area (Å²) in [6.07, 6.45) is -4.82. The van der Waals surface area contributed by atoms with Gasteiger partial charge in [0.1, 0.15) is 36.6 Å². The third kappa shape index (κ3) is 3.42. The lowest BCUT2D eigenvalue weighted by molar-refractivity contribution is -0.235. The first-order valence-electron chi connectivity index (χ1n) is 16.8. The minimum atomic E-state index is -2.05. The molecule has 3 saturated heterocycles. The fourth-order valence-corrected chi connectivity index (χ4v) is 12.8. The lowest BCUT2D eigenvalue weighted by atomic mass is 9.41. The van der Waals surface area contributed by atoms with Crippen LogP contribution in [0.25, 0.3) is 0 Å². The van der Waals surface area contributed by atoms with E-state index in [1.807, 2.05) is 20.8 Å². The van der Waals surface area contributed by atoms with Gasteiger partial charge in [0.25, 0.3) is 0 Å². The predicted octanol–water partition coefficient (Wildman–Crippen LogP) is 1.08. The second kappa shape index (κ2) is 9.13. The second-order valence-corrected chi connectivity index (χ2v) is 16.4. The summed E-state index contributed by atoms with van der Waals surface area (Å²) in [6, 6.07) is 0. The number of epoxide rings is 2. The van der Waals surface area contributed by atoms with Gasteiger partial charge in [-0.1, -0.05) is 20.8 Å². The van der Waals surface area contributed by atoms with Crippen LogP contribution in [0.2, 0.25) is 0 Å². The number of fused-ring (bicyclic) bond motifs is 9. The molecule has 3 heterocycles. The SMILES string of the molecule is CC(=O)O[C@@H]1[C@H]2[C@@H]3[C@@H](O)C(=O)[C@H]4C[C@@H]5O[C@@H]5[C@H](OC(C)=O)[C@]4(C)[C@H]3C[C@H](OC(C)=O)[C@]2(C)[C@H]2[C@H](C)[C@@H]3O[C@@]34OC(=O)[C@@](C)(O)[C@]4(C)[C@H]12. The number of ketones is 1. The van der Waals surface area contributed by atoms with E-state index < -0.39 is 129 Å². The molecule has 0 bridgehead atoms. The van der Waals surface area contributed by atoms with Gasteiger partial charge in [-0.05, 0) is 44.4 Å². The molecule has 0 unspecified atom stereocenters. The molecule has 13 heteroatoms. The number of aliphatic hydroxyl groups excluding tert-OH is 1. The van der Waals surface area contributed by atoms with E-state index >= 15 is 0 Å². The molecule has 2 N–H and O–H groups in total. The average Bonchev–Trinajstić information content (AvgIpc) is 3.87. The number of hydrogen-bond acceptors (Lipinski definition) is 13. The van der Waals surface area contributed by atoms with Crippen molar-refractivity contribution in [2.45, 2.75) is 122 Å². The molecule has 13 nitrogen and oxygen atoms in total. The maximum Gasteiger partial charge on any atom is 0.341 e. The fourth-order valence-electron chi connectivity index (χ4n) is 12.8. The van der Waals surface area contributed by atoms with Crippen LogP contribution in [0.4, 0.5) is 0 Å². The van der Waals surface area contributed by atoms with E-state index in [2.05, 4.69) is 0 Å². The average molecular weight is 661 g/mol. The topological polar surface area (TPSA) is 188 Å². The normalized spacial score (nSPS) is 59.0. The summed E-state index contributed by atoms with van der Waals surface area (Å²) in [6.45, 7) is 12.8. The minimum absolute atomic E-state index is 0.228. The van der Waals surface area contributed by atoms with Crippen molar-refractivity contribution in [3.63, 3.8) is 0 Å². The molecule has 0 amide bonds. The number of aliphatic hydroxyl groups is 2. The standard InChI is InChI=1S/C34H44O13/c1-11-20-22(32(7)33(8,41)29(40)47-34(32)27(11)46-34)26(43-13(3)36)21-19-15(10-18(31(20,21)6)42-12(2)35)30(5)16(23(38)24(19)39)9-17-25(45-17)28(30)44-14(4)37/h11,15-22,24-28,39,41H,9-10H2,1-8H3/t11-,15-,16+,17-,18-,19+,20-,21+,22-,24+,25-,26+,27-,28-,30+,31+,32-,33+,34+/m0/s1. The molecule has 0 radical (unpaired) electrons. The molecule has 5 saturated carbocycles. The first kappa shape index (κ1) is 31.6. The van der Waals surface area contributed by atoms with Gasteiger partial charge >= 0.3 is 23.9 Å². The van der Waals surface area contributed by atoms with E-state index in [4.69, 9.17) is 28.4 Å². The molecule has 258 valence electrons. The Hall–Kier alpha value is -2.61. The van der Waals surface area contributed by atoms with Gasteiger partial charge in [-0.3, -0.25) is 19.2 Å². The third-order valence-corrected chi connectivity index (χ3v) is 14.7. The van der Waals surface area contributed by atoms with E-state index in [0.29, 0.717) is 6.42 Å². The number of rotatable bonds is 3.